The highest BCUT2D eigenvalue weighted by Gasteiger charge is 2.06. The van der Waals surface area contributed by atoms with E-state index in [0.717, 1.165) is 11.1 Å². The van der Waals surface area contributed by atoms with Gasteiger partial charge in [-0.05, 0) is 24.1 Å². The highest BCUT2D eigenvalue weighted by atomic mass is 16.5. The summed E-state index contributed by atoms with van der Waals surface area (Å²) in [4.78, 5) is 16.4. The molecule has 0 bridgehead atoms. The largest absolute Gasteiger partial charge is 0.467 e. The van der Waals surface area contributed by atoms with Gasteiger partial charge in [-0.1, -0.05) is 0 Å². The molecule has 2 N–H and O–H groups in total. The summed E-state index contributed by atoms with van der Waals surface area (Å²) >= 11 is 0. The summed E-state index contributed by atoms with van der Waals surface area (Å²) in [5.74, 6) is 0.924. The number of nitrogens with zero attached hydrogens (tertiary/aromatic N) is 4. The summed E-state index contributed by atoms with van der Waals surface area (Å²) in [6, 6.07) is 2.23. The molecular formula is C12H16N6O. The lowest BCUT2D eigenvalue weighted by Crippen LogP contribution is -2.09. The van der Waals surface area contributed by atoms with Crippen LogP contribution >= 0.6 is 0 Å². The monoisotopic (exact) mass is 260 g/mol. The molecule has 0 unspecified atom stereocenters. The van der Waals surface area contributed by atoms with Gasteiger partial charge in [-0.25, -0.2) is 0 Å². The minimum atomic E-state index is 0.272. The van der Waals surface area contributed by atoms with Gasteiger partial charge in [0.25, 0.3) is 0 Å². The molecule has 0 radical (unpaired) electrons. The molecule has 0 saturated heterocycles. The summed E-state index contributed by atoms with van der Waals surface area (Å²) in [7, 11) is 3.26. The third-order valence-electron chi connectivity index (χ3n) is 2.59. The van der Waals surface area contributed by atoms with E-state index < -0.39 is 0 Å². The van der Waals surface area contributed by atoms with Crippen molar-refractivity contribution < 1.29 is 4.74 Å². The molecule has 19 heavy (non-hydrogen) atoms. The van der Waals surface area contributed by atoms with Crippen molar-refractivity contribution in [1.82, 2.24) is 19.9 Å². The number of ether oxygens (including phenoxy) is 1. The van der Waals surface area contributed by atoms with Crippen LogP contribution in [0.1, 0.15) is 11.1 Å². The third kappa shape index (κ3) is 3.27. The molecule has 0 fully saturated rings. The molecule has 2 rings (SSSR count). The smallest absolute Gasteiger partial charge is 0.322 e. The maximum atomic E-state index is 5.02. The van der Waals surface area contributed by atoms with Crippen LogP contribution in [0.3, 0.4) is 0 Å². The Morgan fingerprint density at radius 1 is 1.21 bits per heavy atom. The summed E-state index contributed by atoms with van der Waals surface area (Å²) in [6.45, 7) is 2.63. The van der Waals surface area contributed by atoms with E-state index >= 15 is 0 Å². The first-order chi connectivity index (χ1) is 9.22. The van der Waals surface area contributed by atoms with E-state index in [1.54, 1.807) is 13.2 Å². The molecule has 0 aliphatic rings. The van der Waals surface area contributed by atoms with E-state index in [2.05, 4.69) is 30.6 Å². The van der Waals surface area contributed by atoms with Crippen molar-refractivity contribution in [3.8, 4) is 6.01 Å². The first kappa shape index (κ1) is 13.0. The van der Waals surface area contributed by atoms with Crippen molar-refractivity contribution in [3.05, 3.63) is 29.6 Å². The Morgan fingerprint density at radius 2 is 2.00 bits per heavy atom. The topological polar surface area (TPSA) is 84.9 Å². The predicted octanol–water partition coefficient (Wildman–Crippen LogP) is 1.24. The minimum Gasteiger partial charge on any atom is -0.467 e. The normalized spacial score (nSPS) is 10.1. The molecule has 7 heteroatoms. The lowest BCUT2D eigenvalue weighted by molar-refractivity contribution is 0.379. The van der Waals surface area contributed by atoms with Crippen LogP contribution in [0.4, 0.5) is 11.9 Å². The SMILES string of the molecule is CNc1nc(NCc2ccncc2C)nc(OC)n1. The minimum absolute atomic E-state index is 0.272. The van der Waals surface area contributed by atoms with Crippen molar-refractivity contribution in [2.45, 2.75) is 13.5 Å². The number of aromatic nitrogens is 4. The fraction of sp³-hybridized carbons (Fsp3) is 0.333. The lowest BCUT2D eigenvalue weighted by Gasteiger charge is -2.09. The third-order valence-corrected chi connectivity index (χ3v) is 2.59. The fourth-order valence-corrected chi connectivity index (χ4v) is 1.51. The summed E-state index contributed by atoms with van der Waals surface area (Å²) in [5, 5.41) is 6.00. The average molecular weight is 260 g/mol. The van der Waals surface area contributed by atoms with Crippen LogP contribution in [0.2, 0.25) is 0 Å². The van der Waals surface area contributed by atoms with Crippen molar-refractivity contribution in [2.75, 3.05) is 24.8 Å². The van der Waals surface area contributed by atoms with Gasteiger partial charge in [0.1, 0.15) is 0 Å². The van der Waals surface area contributed by atoms with Gasteiger partial charge in [-0.15, -0.1) is 0 Å². The average Bonchev–Trinajstić information content (AvgIpc) is 2.46. The van der Waals surface area contributed by atoms with E-state index in [1.807, 2.05) is 19.2 Å². The Hall–Kier alpha value is -2.44. The van der Waals surface area contributed by atoms with Gasteiger partial charge in [0.05, 0.1) is 7.11 Å². The Kier molecular flexibility index (Phi) is 4.07. The predicted molar refractivity (Wildman–Crippen MR) is 72.2 cm³/mol. The van der Waals surface area contributed by atoms with Crippen LogP contribution in [-0.2, 0) is 6.54 Å². The first-order valence-corrected chi connectivity index (χ1v) is 5.84. The Bertz CT molecular complexity index is 537. The van der Waals surface area contributed by atoms with Crippen LogP contribution in [-0.4, -0.2) is 34.1 Å². The van der Waals surface area contributed by atoms with Crippen molar-refractivity contribution in [3.63, 3.8) is 0 Å². The molecule has 2 heterocycles. The molecule has 0 aliphatic heterocycles. The Labute approximate surface area is 111 Å². The van der Waals surface area contributed by atoms with Crippen LogP contribution < -0.4 is 15.4 Å². The van der Waals surface area contributed by atoms with Gasteiger partial charge in [0.2, 0.25) is 11.9 Å². The number of methoxy groups -OCH3 is 1. The first-order valence-electron chi connectivity index (χ1n) is 5.84. The fourth-order valence-electron chi connectivity index (χ4n) is 1.51. The standard InChI is InChI=1S/C12H16N6O/c1-8-6-14-5-4-9(8)7-15-11-16-10(13-2)17-12(18-11)19-3/h4-6H,7H2,1-3H3,(H2,13,15,16,17,18). The second kappa shape index (κ2) is 5.94. The zero-order valence-corrected chi connectivity index (χ0v) is 11.1. The zero-order valence-electron chi connectivity index (χ0n) is 11.1. The molecule has 7 nitrogen and oxygen atoms in total. The number of hydrogen-bond acceptors (Lipinski definition) is 7. The van der Waals surface area contributed by atoms with Crippen LogP contribution in [0.15, 0.2) is 18.5 Å². The number of rotatable bonds is 5. The zero-order chi connectivity index (χ0) is 13.7. The highest BCUT2D eigenvalue weighted by molar-refractivity contribution is 5.36. The van der Waals surface area contributed by atoms with Crippen LogP contribution in [0.5, 0.6) is 6.01 Å². The van der Waals surface area contributed by atoms with Crippen molar-refractivity contribution >= 4 is 11.9 Å². The van der Waals surface area contributed by atoms with E-state index in [-0.39, 0.29) is 6.01 Å². The van der Waals surface area contributed by atoms with Gasteiger partial charge in [-0.2, -0.15) is 15.0 Å². The molecule has 2 aromatic heterocycles. The maximum absolute atomic E-state index is 5.02. The second-order valence-electron chi connectivity index (χ2n) is 3.88. The number of anilines is 2. The molecule has 0 amide bonds. The van der Waals surface area contributed by atoms with Crippen molar-refractivity contribution in [2.24, 2.45) is 0 Å². The molecule has 0 saturated carbocycles. The molecule has 100 valence electrons. The number of pyridine rings is 1. The summed E-state index contributed by atoms with van der Waals surface area (Å²) in [5.41, 5.74) is 2.25. The number of aryl methyl sites for hydroxylation is 1. The lowest BCUT2D eigenvalue weighted by atomic mass is 10.1. The van der Waals surface area contributed by atoms with E-state index in [1.165, 1.54) is 7.11 Å². The van der Waals surface area contributed by atoms with Crippen LogP contribution in [0.25, 0.3) is 0 Å². The van der Waals surface area contributed by atoms with Gasteiger partial charge in [-0.3, -0.25) is 4.98 Å². The Morgan fingerprint density at radius 3 is 2.68 bits per heavy atom. The molecule has 0 atom stereocenters. The number of hydrogen-bond donors (Lipinski definition) is 2. The summed E-state index contributed by atoms with van der Waals surface area (Å²) < 4.78 is 5.02. The summed E-state index contributed by atoms with van der Waals surface area (Å²) in [6.07, 6.45) is 3.58. The van der Waals surface area contributed by atoms with Gasteiger partial charge in [0.15, 0.2) is 0 Å². The van der Waals surface area contributed by atoms with Crippen molar-refractivity contribution in [1.29, 1.82) is 0 Å². The van der Waals surface area contributed by atoms with Gasteiger partial charge in [0, 0.05) is 26.0 Å². The Balaban J connectivity index is 2.13. The molecular weight excluding hydrogens is 244 g/mol. The van der Waals surface area contributed by atoms with E-state index in [0.29, 0.717) is 18.4 Å². The molecule has 0 spiro atoms. The van der Waals surface area contributed by atoms with Crippen LogP contribution in [0, 0.1) is 6.92 Å². The molecule has 0 aromatic carbocycles. The van der Waals surface area contributed by atoms with Gasteiger partial charge >= 0.3 is 6.01 Å². The number of nitrogens with one attached hydrogen (secondary N) is 2. The molecule has 0 aliphatic carbocycles. The van der Waals surface area contributed by atoms with E-state index in [4.69, 9.17) is 4.74 Å². The van der Waals surface area contributed by atoms with Gasteiger partial charge < -0.3 is 15.4 Å². The van der Waals surface area contributed by atoms with E-state index in [9.17, 15) is 0 Å². The highest BCUT2D eigenvalue weighted by Crippen LogP contribution is 2.12. The quantitative estimate of drug-likeness (QED) is 0.836. The maximum Gasteiger partial charge on any atom is 0.322 e. The molecule has 2 aromatic rings. The second-order valence-corrected chi connectivity index (χ2v) is 3.88.